The highest BCUT2D eigenvalue weighted by Crippen LogP contribution is 2.33. The van der Waals surface area contributed by atoms with Crippen molar-refractivity contribution in [3.05, 3.63) is 63.6 Å². The van der Waals surface area contributed by atoms with E-state index < -0.39 is 6.04 Å². The Hall–Kier alpha value is -1.55. The van der Waals surface area contributed by atoms with Crippen molar-refractivity contribution >= 4 is 34.8 Å². The number of hydrogen-bond donors (Lipinski definition) is 2. The highest BCUT2D eigenvalue weighted by atomic mass is 35.5. The molecule has 0 aliphatic carbocycles. The molecule has 20 heavy (non-hydrogen) atoms. The second kappa shape index (κ2) is 6.27. The van der Waals surface area contributed by atoms with Crippen molar-refractivity contribution in [1.82, 2.24) is 0 Å². The molecule has 0 aliphatic rings. The summed E-state index contributed by atoms with van der Waals surface area (Å²) >= 11 is 12.2. The molecule has 5 heteroatoms. The lowest BCUT2D eigenvalue weighted by molar-refractivity contribution is -0.117. The number of amides is 1. The number of rotatable bonds is 3. The van der Waals surface area contributed by atoms with E-state index >= 15 is 0 Å². The van der Waals surface area contributed by atoms with Crippen molar-refractivity contribution in [2.24, 2.45) is 5.73 Å². The van der Waals surface area contributed by atoms with E-state index in [1.807, 2.05) is 25.1 Å². The maximum atomic E-state index is 12.2. The standard InChI is InChI=1S/C15H14Cl2N2O/c1-9-7-8-11(16)14(12(9)17)19-15(20)13(18)10-5-3-2-4-6-10/h2-8,13H,18H2,1H3,(H,19,20)/t13-/m1/s1. The minimum Gasteiger partial charge on any atom is -0.322 e. The fraction of sp³-hybridized carbons (Fsp3) is 0.133. The Balaban J connectivity index is 2.23. The molecule has 0 radical (unpaired) electrons. The first-order chi connectivity index (χ1) is 9.50. The van der Waals surface area contributed by atoms with Crippen LogP contribution in [0.5, 0.6) is 0 Å². The summed E-state index contributed by atoms with van der Waals surface area (Å²) in [5.74, 6) is -0.356. The maximum absolute atomic E-state index is 12.2. The summed E-state index contributed by atoms with van der Waals surface area (Å²) in [5, 5.41) is 3.50. The van der Waals surface area contributed by atoms with Crippen molar-refractivity contribution in [3.8, 4) is 0 Å². The average Bonchev–Trinajstić information content (AvgIpc) is 2.47. The lowest BCUT2D eigenvalue weighted by Crippen LogP contribution is -2.28. The lowest BCUT2D eigenvalue weighted by Gasteiger charge is -2.15. The van der Waals surface area contributed by atoms with E-state index in [0.717, 1.165) is 11.1 Å². The summed E-state index contributed by atoms with van der Waals surface area (Å²) in [6.45, 7) is 1.84. The number of anilines is 1. The first-order valence-corrected chi connectivity index (χ1v) is 6.82. The summed E-state index contributed by atoms with van der Waals surface area (Å²) in [5.41, 5.74) is 7.88. The largest absolute Gasteiger partial charge is 0.322 e. The van der Waals surface area contributed by atoms with Crippen LogP contribution in [-0.2, 0) is 4.79 Å². The van der Waals surface area contributed by atoms with Crippen molar-refractivity contribution in [3.63, 3.8) is 0 Å². The molecule has 0 aliphatic heterocycles. The molecular formula is C15H14Cl2N2O. The van der Waals surface area contributed by atoms with Gasteiger partial charge in [0.2, 0.25) is 5.91 Å². The van der Waals surface area contributed by atoms with Gasteiger partial charge in [-0.2, -0.15) is 0 Å². The zero-order chi connectivity index (χ0) is 14.7. The van der Waals surface area contributed by atoms with Gasteiger partial charge in [-0.1, -0.05) is 59.6 Å². The minimum absolute atomic E-state index is 0.356. The quantitative estimate of drug-likeness (QED) is 0.902. The molecule has 3 N–H and O–H groups in total. The third-order valence-corrected chi connectivity index (χ3v) is 3.78. The minimum atomic E-state index is -0.774. The van der Waals surface area contributed by atoms with Crippen molar-refractivity contribution < 1.29 is 4.79 Å². The van der Waals surface area contributed by atoms with Gasteiger partial charge in [0.25, 0.3) is 0 Å². The molecule has 3 nitrogen and oxygen atoms in total. The Morgan fingerprint density at radius 2 is 1.80 bits per heavy atom. The van der Waals surface area contributed by atoms with Crippen LogP contribution in [0.15, 0.2) is 42.5 Å². The summed E-state index contributed by atoms with van der Waals surface area (Å²) < 4.78 is 0. The molecule has 2 aromatic rings. The predicted molar refractivity (Wildman–Crippen MR) is 83.2 cm³/mol. The van der Waals surface area contributed by atoms with Crippen LogP contribution in [0.1, 0.15) is 17.2 Å². The van der Waals surface area contributed by atoms with Crippen LogP contribution in [0, 0.1) is 6.92 Å². The molecule has 0 saturated carbocycles. The molecule has 0 heterocycles. The first-order valence-electron chi connectivity index (χ1n) is 6.06. The topological polar surface area (TPSA) is 55.1 Å². The molecule has 0 unspecified atom stereocenters. The van der Waals surface area contributed by atoms with E-state index in [1.165, 1.54) is 0 Å². The molecule has 2 aromatic carbocycles. The number of carbonyl (C=O) groups excluding carboxylic acids is 1. The van der Waals surface area contributed by atoms with E-state index in [9.17, 15) is 4.79 Å². The molecule has 104 valence electrons. The fourth-order valence-electron chi connectivity index (χ4n) is 1.78. The molecular weight excluding hydrogens is 295 g/mol. The summed E-state index contributed by atoms with van der Waals surface area (Å²) in [6.07, 6.45) is 0. The Kier molecular flexibility index (Phi) is 4.65. The highest BCUT2D eigenvalue weighted by Gasteiger charge is 2.18. The second-order valence-corrected chi connectivity index (χ2v) is 5.22. The van der Waals surface area contributed by atoms with Crippen LogP contribution in [0.4, 0.5) is 5.69 Å². The molecule has 0 bridgehead atoms. The van der Waals surface area contributed by atoms with E-state index in [1.54, 1.807) is 24.3 Å². The fourth-order valence-corrected chi connectivity index (χ4v) is 2.25. The van der Waals surface area contributed by atoms with Gasteiger partial charge in [0.1, 0.15) is 6.04 Å². The van der Waals surface area contributed by atoms with Gasteiger partial charge >= 0.3 is 0 Å². The van der Waals surface area contributed by atoms with Crippen molar-refractivity contribution in [2.75, 3.05) is 5.32 Å². The summed E-state index contributed by atoms with van der Waals surface area (Å²) in [6, 6.07) is 11.8. The first kappa shape index (κ1) is 14.9. The second-order valence-electron chi connectivity index (χ2n) is 4.43. The summed E-state index contributed by atoms with van der Waals surface area (Å²) in [7, 11) is 0. The smallest absolute Gasteiger partial charge is 0.245 e. The predicted octanol–water partition coefficient (Wildman–Crippen LogP) is 3.94. The van der Waals surface area contributed by atoms with E-state index in [-0.39, 0.29) is 5.91 Å². The zero-order valence-corrected chi connectivity index (χ0v) is 12.4. The Morgan fingerprint density at radius 1 is 1.15 bits per heavy atom. The number of nitrogens with two attached hydrogens (primary N) is 1. The average molecular weight is 309 g/mol. The number of benzene rings is 2. The Bertz CT molecular complexity index is 629. The van der Waals surface area contributed by atoms with Crippen LogP contribution in [0.25, 0.3) is 0 Å². The van der Waals surface area contributed by atoms with Gasteiger partial charge in [-0.15, -0.1) is 0 Å². The third-order valence-electron chi connectivity index (χ3n) is 2.97. The van der Waals surface area contributed by atoms with Crippen molar-refractivity contribution in [1.29, 1.82) is 0 Å². The van der Waals surface area contributed by atoms with Crippen molar-refractivity contribution in [2.45, 2.75) is 13.0 Å². The van der Waals surface area contributed by atoms with E-state index in [4.69, 9.17) is 28.9 Å². The summed E-state index contributed by atoms with van der Waals surface area (Å²) in [4.78, 5) is 12.2. The van der Waals surface area contributed by atoms with Gasteiger partial charge in [-0.25, -0.2) is 0 Å². The third kappa shape index (κ3) is 3.12. The van der Waals surface area contributed by atoms with Gasteiger partial charge < -0.3 is 11.1 Å². The molecule has 0 spiro atoms. The molecule has 1 atom stereocenters. The van der Waals surface area contributed by atoms with Gasteiger partial charge in [0, 0.05) is 0 Å². The monoisotopic (exact) mass is 308 g/mol. The molecule has 0 aromatic heterocycles. The Morgan fingerprint density at radius 3 is 2.45 bits per heavy atom. The molecule has 0 fully saturated rings. The van der Waals surface area contributed by atoms with Crippen LogP contribution in [0.2, 0.25) is 10.0 Å². The number of hydrogen-bond acceptors (Lipinski definition) is 2. The van der Waals surface area contributed by atoms with E-state index in [2.05, 4.69) is 5.32 Å². The molecule has 2 rings (SSSR count). The number of aryl methyl sites for hydroxylation is 1. The SMILES string of the molecule is Cc1ccc(Cl)c(NC(=O)[C@H](N)c2ccccc2)c1Cl. The lowest BCUT2D eigenvalue weighted by atomic mass is 10.1. The highest BCUT2D eigenvalue weighted by molar-refractivity contribution is 6.40. The van der Waals surface area contributed by atoms with Gasteiger partial charge in [0.15, 0.2) is 0 Å². The van der Waals surface area contributed by atoms with Crippen LogP contribution in [0.3, 0.4) is 0 Å². The zero-order valence-electron chi connectivity index (χ0n) is 10.9. The maximum Gasteiger partial charge on any atom is 0.245 e. The molecule has 1 amide bonds. The normalized spacial score (nSPS) is 12.0. The number of halogens is 2. The van der Waals surface area contributed by atoms with E-state index in [0.29, 0.717) is 15.7 Å². The van der Waals surface area contributed by atoms with Crippen LogP contribution in [-0.4, -0.2) is 5.91 Å². The molecule has 0 saturated heterocycles. The van der Waals surface area contributed by atoms with Gasteiger partial charge in [0.05, 0.1) is 15.7 Å². The number of carbonyl (C=O) groups is 1. The number of nitrogens with one attached hydrogen (secondary N) is 1. The van der Waals surface area contributed by atoms with Crippen LogP contribution >= 0.6 is 23.2 Å². The van der Waals surface area contributed by atoms with Gasteiger partial charge in [-0.3, -0.25) is 4.79 Å². The Labute approximate surface area is 127 Å². The van der Waals surface area contributed by atoms with Gasteiger partial charge in [-0.05, 0) is 24.1 Å². The van der Waals surface area contributed by atoms with Crippen LogP contribution < -0.4 is 11.1 Å².